The maximum Gasteiger partial charge on any atom is 1.00 e. The molecule has 0 aliphatic rings. The Morgan fingerprint density at radius 3 is 2.18 bits per heavy atom. The summed E-state index contributed by atoms with van der Waals surface area (Å²) in [7, 11) is -4.49. The summed E-state index contributed by atoms with van der Waals surface area (Å²) in [4.78, 5) is 11.9. The molecule has 0 amide bonds. The molecule has 0 spiro atoms. The summed E-state index contributed by atoms with van der Waals surface area (Å²) in [6.07, 6.45) is 1.89. The van der Waals surface area contributed by atoms with Crippen molar-refractivity contribution in [2.24, 2.45) is 11.3 Å². The molecule has 0 saturated heterocycles. The van der Waals surface area contributed by atoms with E-state index < -0.39 is 15.5 Å². The van der Waals surface area contributed by atoms with Gasteiger partial charge in [-0.2, -0.15) is 0 Å². The maximum absolute atomic E-state index is 12.2. The summed E-state index contributed by atoms with van der Waals surface area (Å²) in [5, 5.41) is 0. The summed E-state index contributed by atoms with van der Waals surface area (Å²) < 4.78 is 37.7. The number of hydrogen-bond acceptors (Lipinski definition) is 5. The van der Waals surface area contributed by atoms with Gasteiger partial charge in [0.2, 0.25) is 0 Å². The third-order valence-corrected chi connectivity index (χ3v) is 4.65. The summed E-state index contributed by atoms with van der Waals surface area (Å²) in [6.45, 7) is 7.70. The van der Waals surface area contributed by atoms with E-state index in [1.807, 2.05) is 20.8 Å². The Bertz CT molecular complexity index is 593. The van der Waals surface area contributed by atoms with Crippen LogP contribution in [0.5, 0.6) is 5.75 Å². The molecule has 1 rings (SSSR count). The molecule has 1 atom stereocenters. The van der Waals surface area contributed by atoms with Crippen LogP contribution >= 0.6 is 0 Å². The zero-order valence-corrected chi connectivity index (χ0v) is 16.6. The van der Waals surface area contributed by atoms with Gasteiger partial charge in [-0.05, 0) is 50.5 Å². The minimum absolute atomic E-state index is 0. The Hall–Kier alpha value is -0.400. The fourth-order valence-electron chi connectivity index (χ4n) is 1.91. The molecule has 0 saturated carbocycles. The molecule has 1 aromatic carbocycles. The van der Waals surface area contributed by atoms with Crippen LogP contribution < -0.4 is 34.3 Å². The predicted molar refractivity (Wildman–Crippen MR) is 77.9 cm³/mol. The van der Waals surface area contributed by atoms with Gasteiger partial charge < -0.3 is 9.29 Å². The van der Waals surface area contributed by atoms with Crippen LogP contribution in [0.4, 0.5) is 0 Å². The number of hydrogen-bond donors (Lipinski definition) is 0. The van der Waals surface area contributed by atoms with Crippen molar-refractivity contribution in [3.05, 3.63) is 24.3 Å². The van der Waals surface area contributed by atoms with E-state index in [-0.39, 0.29) is 52.1 Å². The maximum atomic E-state index is 12.2. The van der Waals surface area contributed by atoms with Crippen LogP contribution in [-0.2, 0) is 14.9 Å². The van der Waals surface area contributed by atoms with E-state index in [1.54, 1.807) is 0 Å². The van der Waals surface area contributed by atoms with E-state index in [1.165, 1.54) is 12.1 Å². The Kier molecular flexibility index (Phi) is 8.30. The first-order chi connectivity index (χ1) is 9.59. The molecule has 5 nitrogen and oxygen atoms in total. The molecule has 0 aliphatic carbocycles. The molecule has 0 N–H and O–H groups in total. The molecule has 0 bridgehead atoms. The molecule has 1 unspecified atom stereocenters. The van der Waals surface area contributed by atoms with Gasteiger partial charge in [0.15, 0.2) is 0 Å². The van der Waals surface area contributed by atoms with Crippen molar-refractivity contribution < 1.29 is 52.1 Å². The smallest absolute Gasteiger partial charge is 0.744 e. The van der Waals surface area contributed by atoms with Crippen molar-refractivity contribution in [2.75, 3.05) is 0 Å². The van der Waals surface area contributed by atoms with E-state index in [0.717, 1.165) is 25.0 Å². The monoisotopic (exact) mass is 336 g/mol. The third kappa shape index (κ3) is 5.66. The first-order valence-electron chi connectivity index (χ1n) is 6.87. The molecule has 7 heteroatoms. The Morgan fingerprint density at radius 2 is 1.77 bits per heavy atom. The van der Waals surface area contributed by atoms with Gasteiger partial charge in [0.05, 0.1) is 10.3 Å². The van der Waals surface area contributed by atoms with Crippen LogP contribution in [0.2, 0.25) is 0 Å². The molecule has 0 aromatic heterocycles. The number of carbonyl (C=O) groups excluding carboxylic acids is 1. The molecular weight excluding hydrogens is 315 g/mol. The van der Waals surface area contributed by atoms with Gasteiger partial charge in [-0.3, -0.25) is 4.79 Å². The molecular formula is C15H21NaO5S. The minimum atomic E-state index is -4.49. The summed E-state index contributed by atoms with van der Waals surface area (Å²) >= 11 is 0. The van der Waals surface area contributed by atoms with Crippen molar-refractivity contribution in [3.63, 3.8) is 0 Å². The fraction of sp³-hybridized carbons (Fsp3) is 0.533. The van der Waals surface area contributed by atoms with E-state index in [9.17, 15) is 17.8 Å². The van der Waals surface area contributed by atoms with Crippen LogP contribution in [0.1, 0.15) is 40.5 Å². The van der Waals surface area contributed by atoms with Crippen molar-refractivity contribution >= 4 is 16.1 Å². The van der Waals surface area contributed by atoms with E-state index >= 15 is 0 Å². The number of ether oxygens (including phenoxy) is 1. The van der Waals surface area contributed by atoms with Gasteiger partial charge in [-0.25, -0.2) is 8.42 Å². The van der Waals surface area contributed by atoms with Gasteiger partial charge in [0.1, 0.15) is 15.9 Å². The Morgan fingerprint density at radius 1 is 1.27 bits per heavy atom. The SMILES string of the molecule is CCCC(C)C(C)(C)C(=O)Oc1ccc(S(=O)(=O)[O-])cc1.[Na+]. The number of carbonyl (C=O) groups is 1. The van der Waals surface area contributed by atoms with Crippen LogP contribution in [0, 0.1) is 11.3 Å². The summed E-state index contributed by atoms with van der Waals surface area (Å²) in [6, 6.07) is 4.88. The zero-order valence-electron chi connectivity index (χ0n) is 13.8. The van der Waals surface area contributed by atoms with E-state index in [0.29, 0.717) is 0 Å². The number of esters is 1. The van der Waals surface area contributed by atoms with Crippen molar-refractivity contribution in [2.45, 2.75) is 45.4 Å². The van der Waals surface area contributed by atoms with E-state index in [2.05, 4.69) is 6.92 Å². The second kappa shape index (κ2) is 8.45. The Balaban J connectivity index is 0.00000441. The van der Waals surface area contributed by atoms with Crippen molar-refractivity contribution in [1.82, 2.24) is 0 Å². The molecule has 0 radical (unpaired) electrons. The molecule has 118 valence electrons. The van der Waals surface area contributed by atoms with Crippen LogP contribution in [0.3, 0.4) is 0 Å². The first kappa shape index (κ1) is 21.6. The second-order valence-electron chi connectivity index (χ2n) is 5.73. The minimum Gasteiger partial charge on any atom is -0.744 e. The molecule has 22 heavy (non-hydrogen) atoms. The van der Waals surface area contributed by atoms with E-state index in [4.69, 9.17) is 4.74 Å². The molecule has 0 heterocycles. The van der Waals surface area contributed by atoms with Crippen molar-refractivity contribution in [3.8, 4) is 5.75 Å². The molecule has 0 aliphatic heterocycles. The topological polar surface area (TPSA) is 83.5 Å². The first-order valence-corrected chi connectivity index (χ1v) is 8.28. The van der Waals surface area contributed by atoms with Crippen molar-refractivity contribution in [1.29, 1.82) is 0 Å². The van der Waals surface area contributed by atoms with Gasteiger partial charge in [-0.1, -0.05) is 20.3 Å². The Labute approximate surface area is 154 Å². The predicted octanol–water partition coefficient (Wildman–Crippen LogP) is -0.0375. The quantitative estimate of drug-likeness (QED) is 0.315. The average molecular weight is 336 g/mol. The fourth-order valence-corrected chi connectivity index (χ4v) is 2.38. The summed E-state index contributed by atoms with van der Waals surface area (Å²) in [5.74, 6) is 0.0154. The van der Waals surface area contributed by atoms with Gasteiger partial charge >= 0.3 is 35.5 Å². The average Bonchev–Trinajstić information content (AvgIpc) is 2.38. The van der Waals surface area contributed by atoms with Gasteiger partial charge in [0, 0.05) is 0 Å². The van der Waals surface area contributed by atoms with Crippen LogP contribution in [0.15, 0.2) is 29.2 Å². The summed E-state index contributed by atoms with van der Waals surface area (Å²) in [5.41, 5.74) is -0.640. The number of rotatable bonds is 6. The molecule has 1 aromatic rings. The standard InChI is InChI=1S/C15H22O5S.Na/c1-5-6-11(2)15(3,4)14(16)20-12-7-9-13(10-8-12)21(17,18)19;/h7-11H,5-6H2,1-4H3,(H,17,18,19);/q;+1/p-1. The van der Waals surface area contributed by atoms with Crippen LogP contribution in [-0.4, -0.2) is 18.9 Å². The molecule has 0 fully saturated rings. The normalized spacial score (nSPS) is 13.1. The largest absolute Gasteiger partial charge is 1.00 e. The number of benzene rings is 1. The zero-order chi connectivity index (χ0) is 16.3. The van der Waals surface area contributed by atoms with Gasteiger partial charge in [0.25, 0.3) is 0 Å². The third-order valence-electron chi connectivity index (χ3n) is 3.80. The van der Waals surface area contributed by atoms with Gasteiger partial charge in [-0.15, -0.1) is 0 Å². The van der Waals surface area contributed by atoms with Crippen LogP contribution in [0.25, 0.3) is 0 Å². The second-order valence-corrected chi connectivity index (χ2v) is 7.11.